The molecule has 0 aliphatic carbocycles. The van der Waals surface area contributed by atoms with Gasteiger partial charge in [-0.05, 0) is 45.7 Å². The lowest BCUT2D eigenvalue weighted by atomic mass is 10.0. The summed E-state index contributed by atoms with van der Waals surface area (Å²) in [5.74, 6) is 0.772. The lowest BCUT2D eigenvalue weighted by Crippen LogP contribution is -2.35. The van der Waals surface area contributed by atoms with Gasteiger partial charge in [-0.2, -0.15) is 0 Å². The minimum absolute atomic E-state index is 0.123. The second-order valence-corrected chi connectivity index (χ2v) is 6.83. The van der Waals surface area contributed by atoms with E-state index < -0.39 is 0 Å². The number of anilines is 1. The fourth-order valence-corrected chi connectivity index (χ4v) is 2.39. The average Bonchev–Trinajstić information content (AvgIpc) is 2.46. The SMILES string of the molecule is CCC(CC)CN(CC)c1ccnc(CNC(C)(C)C)c1. The van der Waals surface area contributed by atoms with Crippen LogP contribution in [0.3, 0.4) is 0 Å². The topological polar surface area (TPSA) is 28.2 Å². The van der Waals surface area contributed by atoms with Crippen LogP contribution in [0.2, 0.25) is 0 Å². The molecular weight excluding hydrogens is 258 g/mol. The lowest BCUT2D eigenvalue weighted by Gasteiger charge is -2.28. The van der Waals surface area contributed by atoms with Gasteiger partial charge < -0.3 is 10.2 Å². The Balaban J connectivity index is 2.76. The van der Waals surface area contributed by atoms with Gasteiger partial charge in [-0.15, -0.1) is 0 Å². The molecule has 0 bridgehead atoms. The molecule has 1 N–H and O–H groups in total. The van der Waals surface area contributed by atoms with Crippen molar-refractivity contribution in [1.82, 2.24) is 10.3 Å². The maximum atomic E-state index is 4.49. The zero-order valence-corrected chi connectivity index (χ0v) is 14.7. The van der Waals surface area contributed by atoms with Crippen LogP contribution >= 0.6 is 0 Å². The first-order valence-electron chi connectivity index (χ1n) is 8.34. The summed E-state index contributed by atoms with van der Waals surface area (Å²) in [7, 11) is 0. The van der Waals surface area contributed by atoms with Crippen LogP contribution in [0, 0.1) is 5.92 Å². The molecule has 0 fully saturated rings. The Morgan fingerprint density at radius 1 is 1.19 bits per heavy atom. The minimum Gasteiger partial charge on any atom is -0.371 e. The zero-order valence-electron chi connectivity index (χ0n) is 14.7. The van der Waals surface area contributed by atoms with Crippen molar-refractivity contribution in [1.29, 1.82) is 0 Å². The molecule has 120 valence electrons. The maximum absolute atomic E-state index is 4.49. The van der Waals surface area contributed by atoms with Gasteiger partial charge in [0.1, 0.15) is 0 Å². The van der Waals surface area contributed by atoms with Crippen LogP contribution in [0.4, 0.5) is 5.69 Å². The molecule has 0 radical (unpaired) electrons. The molecule has 0 saturated heterocycles. The predicted octanol–water partition coefficient (Wildman–Crippen LogP) is 4.23. The minimum atomic E-state index is 0.123. The normalized spacial score (nSPS) is 12.0. The Morgan fingerprint density at radius 2 is 1.86 bits per heavy atom. The molecule has 1 heterocycles. The van der Waals surface area contributed by atoms with Crippen molar-refractivity contribution in [3.8, 4) is 0 Å². The molecule has 0 unspecified atom stereocenters. The van der Waals surface area contributed by atoms with Crippen molar-refractivity contribution in [3.05, 3.63) is 24.0 Å². The number of hydrogen-bond acceptors (Lipinski definition) is 3. The molecule has 0 aliphatic rings. The number of aromatic nitrogens is 1. The Morgan fingerprint density at radius 3 is 2.38 bits per heavy atom. The highest BCUT2D eigenvalue weighted by atomic mass is 15.1. The summed E-state index contributed by atoms with van der Waals surface area (Å²) in [6, 6.07) is 4.36. The van der Waals surface area contributed by atoms with Crippen LogP contribution in [-0.2, 0) is 6.54 Å². The third kappa shape index (κ3) is 6.47. The summed E-state index contributed by atoms with van der Waals surface area (Å²) in [6.07, 6.45) is 4.43. The molecular formula is C18H33N3. The number of rotatable bonds is 8. The Kier molecular flexibility index (Phi) is 7.16. The van der Waals surface area contributed by atoms with E-state index in [0.29, 0.717) is 0 Å². The first kappa shape index (κ1) is 18.0. The van der Waals surface area contributed by atoms with E-state index in [-0.39, 0.29) is 5.54 Å². The van der Waals surface area contributed by atoms with Gasteiger partial charge in [0.2, 0.25) is 0 Å². The molecule has 0 aromatic carbocycles. The molecule has 3 nitrogen and oxygen atoms in total. The highest BCUT2D eigenvalue weighted by Crippen LogP contribution is 2.19. The van der Waals surface area contributed by atoms with Gasteiger partial charge >= 0.3 is 0 Å². The predicted molar refractivity (Wildman–Crippen MR) is 92.8 cm³/mol. The third-order valence-corrected chi connectivity index (χ3v) is 3.98. The Hall–Kier alpha value is -1.09. The molecule has 1 rings (SSSR count). The first-order valence-corrected chi connectivity index (χ1v) is 8.34. The largest absolute Gasteiger partial charge is 0.371 e. The Labute approximate surface area is 131 Å². The van der Waals surface area contributed by atoms with E-state index in [2.05, 4.69) is 68.9 Å². The van der Waals surface area contributed by atoms with Crippen LogP contribution in [0.1, 0.15) is 60.1 Å². The average molecular weight is 291 g/mol. The van der Waals surface area contributed by atoms with Crippen molar-refractivity contribution in [2.24, 2.45) is 5.92 Å². The number of hydrogen-bond donors (Lipinski definition) is 1. The van der Waals surface area contributed by atoms with Gasteiger partial charge in [0.25, 0.3) is 0 Å². The summed E-state index contributed by atoms with van der Waals surface area (Å²) in [6.45, 7) is 16.4. The second-order valence-electron chi connectivity index (χ2n) is 6.83. The van der Waals surface area contributed by atoms with Crippen molar-refractivity contribution in [3.63, 3.8) is 0 Å². The van der Waals surface area contributed by atoms with Crippen molar-refractivity contribution < 1.29 is 0 Å². The van der Waals surface area contributed by atoms with Gasteiger partial charge in [-0.1, -0.05) is 26.7 Å². The quantitative estimate of drug-likeness (QED) is 0.777. The maximum Gasteiger partial charge on any atom is 0.0562 e. The second kappa shape index (κ2) is 8.38. The van der Waals surface area contributed by atoms with Crippen molar-refractivity contribution in [2.75, 3.05) is 18.0 Å². The van der Waals surface area contributed by atoms with Crippen LogP contribution in [0.5, 0.6) is 0 Å². The van der Waals surface area contributed by atoms with E-state index in [1.54, 1.807) is 0 Å². The highest BCUT2D eigenvalue weighted by Gasteiger charge is 2.13. The fourth-order valence-electron chi connectivity index (χ4n) is 2.39. The molecule has 1 aromatic rings. The van der Waals surface area contributed by atoms with Gasteiger partial charge in [-0.25, -0.2) is 0 Å². The van der Waals surface area contributed by atoms with E-state index in [4.69, 9.17) is 0 Å². The first-order chi connectivity index (χ1) is 9.89. The van der Waals surface area contributed by atoms with E-state index in [1.807, 2.05) is 6.20 Å². The number of nitrogens with one attached hydrogen (secondary N) is 1. The molecule has 0 amide bonds. The summed E-state index contributed by atoms with van der Waals surface area (Å²) < 4.78 is 0. The molecule has 21 heavy (non-hydrogen) atoms. The molecule has 1 aromatic heterocycles. The summed E-state index contributed by atoms with van der Waals surface area (Å²) in [5.41, 5.74) is 2.54. The molecule has 0 spiro atoms. The van der Waals surface area contributed by atoms with E-state index >= 15 is 0 Å². The van der Waals surface area contributed by atoms with Crippen LogP contribution < -0.4 is 10.2 Å². The van der Waals surface area contributed by atoms with Gasteiger partial charge in [0, 0.05) is 37.1 Å². The monoisotopic (exact) mass is 291 g/mol. The standard InChI is InChI=1S/C18H33N3/c1-7-15(8-2)14-21(9-3)17-10-11-19-16(12-17)13-20-18(4,5)6/h10-12,15,20H,7-9,13-14H2,1-6H3. The van der Waals surface area contributed by atoms with Crippen LogP contribution in [-0.4, -0.2) is 23.6 Å². The van der Waals surface area contributed by atoms with Crippen LogP contribution in [0.25, 0.3) is 0 Å². The van der Waals surface area contributed by atoms with E-state index in [0.717, 1.165) is 31.2 Å². The lowest BCUT2D eigenvalue weighted by molar-refractivity contribution is 0.421. The van der Waals surface area contributed by atoms with Gasteiger partial charge in [0.15, 0.2) is 0 Å². The molecule has 0 saturated carbocycles. The van der Waals surface area contributed by atoms with E-state index in [9.17, 15) is 0 Å². The molecule has 0 atom stereocenters. The fraction of sp³-hybridized carbons (Fsp3) is 0.722. The summed E-state index contributed by atoms with van der Waals surface area (Å²) >= 11 is 0. The molecule has 0 aliphatic heterocycles. The Bertz CT molecular complexity index is 405. The highest BCUT2D eigenvalue weighted by molar-refractivity contribution is 5.46. The smallest absolute Gasteiger partial charge is 0.0562 e. The third-order valence-electron chi connectivity index (χ3n) is 3.98. The zero-order chi connectivity index (χ0) is 15.9. The van der Waals surface area contributed by atoms with Crippen molar-refractivity contribution in [2.45, 2.75) is 66.5 Å². The number of nitrogens with zero attached hydrogens (tertiary/aromatic N) is 2. The van der Waals surface area contributed by atoms with Gasteiger partial charge in [0.05, 0.1) is 5.69 Å². The van der Waals surface area contributed by atoms with Gasteiger partial charge in [-0.3, -0.25) is 4.98 Å². The molecule has 3 heteroatoms. The summed E-state index contributed by atoms with van der Waals surface area (Å²) in [4.78, 5) is 6.96. The number of pyridine rings is 1. The summed E-state index contributed by atoms with van der Waals surface area (Å²) in [5, 5.41) is 3.50. The van der Waals surface area contributed by atoms with Crippen molar-refractivity contribution >= 4 is 5.69 Å². The van der Waals surface area contributed by atoms with Crippen LogP contribution in [0.15, 0.2) is 18.3 Å². The van der Waals surface area contributed by atoms with E-state index in [1.165, 1.54) is 18.5 Å².